The number of esters is 2. The summed E-state index contributed by atoms with van der Waals surface area (Å²) in [5.41, 5.74) is 5.93. The van der Waals surface area contributed by atoms with Gasteiger partial charge >= 0.3 is 11.9 Å². The Hall–Kier alpha value is -1.14. The van der Waals surface area contributed by atoms with E-state index in [9.17, 15) is 9.59 Å². The van der Waals surface area contributed by atoms with Crippen molar-refractivity contribution in [2.75, 3.05) is 32.8 Å². The van der Waals surface area contributed by atoms with Crippen molar-refractivity contribution in [3.8, 4) is 0 Å². The third-order valence-corrected chi connectivity index (χ3v) is 12.2. The van der Waals surface area contributed by atoms with Gasteiger partial charge in [0.1, 0.15) is 6.10 Å². The van der Waals surface area contributed by atoms with Gasteiger partial charge in [0.05, 0.1) is 6.61 Å². The summed E-state index contributed by atoms with van der Waals surface area (Å²) in [6.45, 7) is 11.3. The Bertz CT molecular complexity index is 826. The highest BCUT2D eigenvalue weighted by Gasteiger charge is 2.38. The number of rotatable bonds is 39. The maximum absolute atomic E-state index is 12.9. The van der Waals surface area contributed by atoms with E-state index in [0.717, 1.165) is 88.3 Å². The van der Waals surface area contributed by atoms with Crippen molar-refractivity contribution in [1.82, 2.24) is 4.90 Å². The molecular formula is C46H88N2O4. The predicted octanol–water partition coefficient (Wildman–Crippen LogP) is 12.3. The number of unbranched alkanes of at least 4 members (excludes halogenated alkanes) is 16. The molecule has 52 heavy (non-hydrogen) atoms. The molecule has 0 aliphatic heterocycles. The van der Waals surface area contributed by atoms with E-state index in [-0.39, 0.29) is 18.0 Å². The first-order chi connectivity index (χ1) is 25.5. The Labute approximate surface area is 323 Å². The third kappa shape index (κ3) is 25.8. The van der Waals surface area contributed by atoms with E-state index in [1.54, 1.807) is 0 Å². The SMILES string of the molecule is CCCCCCCCCOC(=O)CCCCCCCN(CCN)CCCCCCCC(=O)OC(CCC1CC1CCCC)CCC1C[C@@H]1CCCC. The number of carbonyl (C=O) groups excluding carboxylic acids is 2. The minimum absolute atomic E-state index is 0.0154. The van der Waals surface area contributed by atoms with Crippen LogP contribution < -0.4 is 5.73 Å². The number of ether oxygens (including phenoxy) is 2. The van der Waals surface area contributed by atoms with Crippen LogP contribution in [0.1, 0.15) is 220 Å². The highest BCUT2D eigenvalue weighted by atomic mass is 16.5. The minimum atomic E-state index is -0.0154. The van der Waals surface area contributed by atoms with Gasteiger partial charge in [0, 0.05) is 25.9 Å². The predicted molar refractivity (Wildman–Crippen MR) is 220 cm³/mol. The monoisotopic (exact) mass is 733 g/mol. The molecular weight excluding hydrogens is 645 g/mol. The molecule has 6 nitrogen and oxygen atoms in total. The van der Waals surface area contributed by atoms with Crippen molar-refractivity contribution in [2.45, 2.75) is 226 Å². The fraction of sp³-hybridized carbons (Fsp3) is 0.957. The average Bonchev–Trinajstić information content (AvgIpc) is 4.07. The first-order valence-corrected chi connectivity index (χ1v) is 23.3. The lowest BCUT2D eigenvalue weighted by atomic mass is 10.0. The molecule has 306 valence electrons. The van der Waals surface area contributed by atoms with Gasteiger partial charge in [-0.2, -0.15) is 0 Å². The van der Waals surface area contributed by atoms with Crippen LogP contribution in [-0.2, 0) is 19.1 Å². The van der Waals surface area contributed by atoms with Crippen LogP contribution >= 0.6 is 0 Å². The van der Waals surface area contributed by atoms with Crippen LogP contribution in [0.5, 0.6) is 0 Å². The van der Waals surface area contributed by atoms with E-state index in [2.05, 4.69) is 25.7 Å². The molecule has 0 radical (unpaired) electrons. The van der Waals surface area contributed by atoms with E-state index < -0.39 is 0 Å². The molecule has 0 aromatic carbocycles. The van der Waals surface area contributed by atoms with Crippen molar-refractivity contribution in [3.63, 3.8) is 0 Å². The Balaban J connectivity index is 1.47. The molecule has 4 unspecified atom stereocenters. The highest BCUT2D eigenvalue weighted by Crippen LogP contribution is 2.47. The van der Waals surface area contributed by atoms with Crippen LogP contribution in [0.25, 0.3) is 0 Å². The standard InChI is InChI=1S/C46H88N2O4/c1-4-7-10-11-12-19-24-37-51-45(49)27-20-15-13-17-22-34-48(36-33-47)35-23-18-14-16-21-28-46(50)52-44(31-29-42-38-40(42)25-8-5-2)32-30-43-39-41(43)26-9-6-3/h40-44H,4-39,47H2,1-3H3/t40-,41?,42?,43?,44?/m0/s1. The number of nitrogens with zero attached hydrogens (tertiary/aromatic N) is 1. The van der Waals surface area contributed by atoms with Gasteiger partial charge < -0.3 is 20.1 Å². The van der Waals surface area contributed by atoms with Gasteiger partial charge in [-0.3, -0.25) is 9.59 Å². The van der Waals surface area contributed by atoms with Crippen LogP contribution in [0.15, 0.2) is 0 Å². The summed E-state index contributed by atoms with van der Waals surface area (Å²) in [5.74, 6) is 3.72. The number of nitrogens with two attached hydrogens (primary N) is 1. The zero-order chi connectivity index (χ0) is 37.5. The summed E-state index contributed by atoms with van der Waals surface area (Å²) in [5, 5.41) is 0. The lowest BCUT2D eigenvalue weighted by Crippen LogP contribution is -2.31. The smallest absolute Gasteiger partial charge is 0.306 e. The normalized spacial score (nSPS) is 19.9. The molecule has 0 aromatic heterocycles. The summed E-state index contributed by atoms with van der Waals surface area (Å²) in [7, 11) is 0. The molecule has 0 aromatic rings. The van der Waals surface area contributed by atoms with Gasteiger partial charge in [-0.15, -0.1) is 0 Å². The molecule has 2 saturated carbocycles. The van der Waals surface area contributed by atoms with E-state index in [4.69, 9.17) is 15.2 Å². The van der Waals surface area contributed by atoms with Gasteiger partial charge in [-0.1, -0.05) is 136 Å². The maximum Gasteiger partial charge on any atom is 0.306 e. The molecule has 0 bridgehead atoms. The van der Waals surface area contributed by atoms with Crippen molar-refractivity contribution >= 4 is 11.9 Å². The average molecular weight is 733 g/mol. The topological polar surface area (TPSA) is 81.9 Å². The largest absolute Gasteiger partial charge is 0.466 e. The zero-order valence-corrected chi connectivity index (χ0v) is 35.0. The van der Waals surface area contributed by atoms with Gasteiger partial charge in [0.25, 0.3) is 0 Å². The van der Waals surface area contributed by atoms with Gasteiger partial charge in [-0.25, -0.2) is 0 Å². The lowest BCUT2D eigenvalue weighted by Gasteiger charge is -2.21. The molecule has 6 heteroatoms. The molecule has 2 fully saturated rings. The summed E-state index contributed by atoms with van der Waals surface area (Å²) in [4.78, 5) is 27.4. The van der Waals surface area contributed by atoms with Crippen molar-refractivity contribution < 1.29 is 19.1 Å². The second-order valence-electron chi connectivity index (χ2n) is 17.1. The zero-order valence-electron chi connectivity index (χ0n) is 35.0. The van der Waals surface area contributed by atoms with Crippen LogP contribution in [0.4, 0.5) is 0 Å². The van der Waals surface area contributed by atoms with Crippen LogP contribution in [-0.4, -0.2) is 55.7 Å². The summed E-state index contributed by atoms with van der Waals surface area (Å²) in [6, 6.07) is 0. The van der Waals surface area contributed by atoms with Crippen molar-refractivity contribution in [3.05, 3.63) is 0 Å². The first-order valence-electron chi connectivity index (χ1n) is 23.3. The van der Waals surface area contributed by atoms with Crippen LogP contribution in [0.3, 0.4) is 0 Å². The number of hydrogen-bond donors (Lipinski definition) is 1. The molecule has 2 aliphatic rings. The van der Waals surface area contributed by atoms with Crippen molar-refractivity contribution in [1.29, 1.82) is 0 Å². The van der Waals surface area contributed by atoms with Gasteiger partial charge in [0.15, 0.2) is 0 Å². The van der Waals surface area contributed by atoms with Crippen LogP contribution in [0, 0.1) is 23.7 Å². The molecule has 0 heterocycles. The van der Waals surface area contributed by atoms with E-state index in [1.807, 2.05) is 0 Å². The quantitative estimate of drug-likeness (QED) is 0.0500. The Morgan fingerprint density at radius 2 is 0.981 bits per heavy atom. The van der Waals surface area contributed by atoms with Gasteiger partial charge in [0.2, 0.25) is 0 Å². The van der Waals surface area contributed by atoms with E-state index in [0.29, 0.717) is 26.0 Å². The van der Waals surface area contributed by atoms with Crippen LogP contribution in [0.2, 0.25) is 0 Å². The molecule has 2 aliphatic carbocycles. The molecule has 0 spiro atoms. The maximum atomic E-state index is 12.9. The summed E-state index contributed by atoms with van der Waals surface area (Å²) >= 11 is 0. The lowest BCUT2D eigenvalue weighted by molar-refractivity contribution is -0.150. The van der Waals surface area contributed by atoms with E-state index >= 15 is 0 Å². The molecule has 0 amide bonds. The molecule has 2 rings (SSSR count). The van der Waals surface area contributed by atoms with Crippen molar-refractivity contribution in [2.24, 2.45) is 29.4 Å². The minimum Gasteiger partial charge on any atom is -0.466 e. The Kier molecular flexibility index (Phi) is 29.1. The van der Waals surface area contributed by atoms with E-state index in [1.165, 1.54) is 141 Å². The third-order valence-electron chi connectivity index (χ3n) is 12.2. The Morgan fingerprint density at radius 1 is 0.538 bits per heavy atom. The fourth-order valence-electron chi connectivity index (χ4n) is 8.38. The molecule has 0 saturated heterocycles. The highest BCUT2D eigenvalue weighted by molar-refractivity contribution is 5.69. The first kappa shape index (κ1) is 47.0. The molecule has 2 N–H and O–H groups in total. The second-order valence-corrected chi connectivity index (χ2v) is 17.1. The number of carbonyl (C=O) groups is 2. The fourth-order valence-corrected chi connectivity index (χ4v) is 8.38. The second kappa shape index (κ2) is 32.1. The number of hydrogen-bond acceptors (Lipinski definition) is 6. The van der Waals surface area contributed by atoms with Gasteiger partial charge in [-0.05, 0) is 107 Å². The Morgan fingerprint density at radius 3 is 1.50 bits per heavy atom. The summed E-state index contributed by atoms with van der Waals surface area (Å²) < 4.78 is 11.6. The molecule has 5 atom stereocenters. The summed E-state index contributed by atoms with van der Waals surface area (Å²) in [6.07, 6.45) is 37.0.